The van der Waals surface area contributed by atoms with Crippen LogP contribution in [0.25, 0.3) is 16.7 Å². The number of benzene rings is 2. The lowest BCUT2D eigenvalue weighted by Gasteiger charge is -2.24. The Hall–Kier alpha value is -2.33. The van der Waals surface area contributed by atoms with Crippen LogP contribution in [0.5, 0.6) is 0 Å². The molecule has 0 aliphatic heterocycles. The van der Waals surface area contributed by atoms with Gasteiger partial charge in [-0.1, -0.05) is 54.6 Å². The van der Waals surface area contributed by atoms with Crippen molar-refractivity contribution in [2.24, 2.45) is 5.14 Å². The van der Waals surface area contributed by atoms with Gasteiger partial charge in [0.2, 0.25) is 10.0 Å². The summed E-state index contributed by atoms with van der Waals surface area (Å²) in [7, 11) is -9.56. The van der Waals surface area contributed by atoms with E-state index in [1.165, 1.54) is 0 Å². The zero-order valence-electron chi connectivity index (χ0n) is 13.9. The number of allylic oxidation sites excluding steroid dienone is 3. The molecule has 0 saturated heterocycles. The molecule has 3 rings (SSSR count). The number of hydrogen-bond acceptors (Lipinski definition) is 4. The molecule has 0 spiro atoms. The molecule has 2 aromatic carbocycles. The maximum Gasteiger partial charge on any atom is 0.304 e. The first-order valence-corrected chi connectivity index (χ1v) is 10.8. The van der Waals surface area contributed by atoms with Gasteiger partial charge in [-0.15, -0.1) is 0 Å². The van der Waals surface area contributed by atoms with Crippen molar-refractivity contribution in [1.82, 2.24) is 0 Å². The molecule has 0 heterocycles. The fraction of sp³-hybridized carbons (Fsp3) is 0.111. The minimum Gasteiger partial charge on any atom is -0.283 e. The normalized spacial score (nSPS) is 20.7. The highest BCUT2D eigenvalue weighted by Crippen LogP contribution is 2.39. The lowest BCUT2D eigenvalue weighted by atomic mass is 9.96. The van der Waals surface area contributed by atoms with Crippen LogP contribution in [0.2, 0.25) is 0 Å². The molecule has 1 atom stereocenters. The Labute approximate surface area is 156 Å². The molecule has 3 N–H and O–H groups in total. The molecule has 1 unspecified atom stereocenters. The van der Waals surface area contributed by atoms with Gasteiger partial charge in [0.05, 0.1) is 4.91 Å². The topological polar surface area (TPSA) is 115 Å². The van der Waals surface area contributed by atoms with Crippen LogP contribution in [-0.2, 0) is 20.1 Å². The molecule has 9 heteroatoms. The highest BCUT2D eigenvalue weighted by molar-refractivity contribution is 7.93. The van der Waals surface area contributed by atoms with E-state index < -0.39 is 36.5 Å². The van der Waals surface area contributed by atoms with Crippen LogP contribution >= 0.6 is 0 Å². The predicted molar refractivity (Wildman–Crippen MR) is 101 cm³/mol. The van der Waals surface area contributed by atoms with E-state index >= 15 is 0 Å². The highest BCUT2D eigenvalue weighted by atomic mass is 32.2. The number of alkyl halides is 1. The monoisotopic (exact) mass is 409 g/mol. The maximum absolute atomic E-state index is 14.9. The van der Waals surface area contributed by atoms with Crippen molar-refractivity contribution in [3.8, 4) is 11.1 Å². The van der Waals surface area contributed by atoms with Crippen molar-refractivity contribution in [2.75, 3.05) is 0 Å². The zero-order chi connectivity index (χ0) is 19.9. The van der Waals surface area contributed by atoms with E-state index in [1.54, 1.807) is 24.3 Å². The van der Waals surface area contributed by atoms with Gasteiger partial charge < -0.3 is 0 Å². The number of rotatable bonds is 4. The second-order valence-electron chi connectivity index (χ2n) is 6.14. The van der Waals surface area contributed by atoms with E-state index in [-0.39, 0.29) is 5.57 Å². The SMILES string of the molecule is NS(=O)(=O)C1=CC(c2ccc(-c3ccccc3)cc2)=CC(F)(S(=O)(=O)O)C1. The summed E-state index contributed by atoms with van der Waals surface area (Å²) in [6, 6.07) is 16.1. The van der Waals surface area contributed by atoms with E-state index in [0.717, 1.165) is 17.2 Å². The minimum atomic E-state index is -5.21. The summed E-state index contributed by atoms with van der Waals surface area (Å²) in [5.41, 5.74) is 2.18. The summed E-state index contributed by atoms with van der Waals surface area (Å²) >= 11 is 0. The van der Waals surface area contributed by atoms with Crippen LogP contribution in [0.3, 0.4) is 0 Å². The Balaban J connectivity index is 2.09. The minimum absolute atomic E-state index is 0.00925. The molecule has 0 saturated carbocycles. The van der Waals surface area contributed by atoms with Crippen molar-refractivity contribution in [1.29, 1.82) is 0 Å². The van der Waals surface area contributed by atoms with E-state index in [2.05, 4.69) is 0 Å². The average Bonchev–Trinajstić information content (AvgIpc) is 2.60. The number of halogens is 1. The number of nitrogens with two attached hydrogens (primary N) is 1. The molecule has 2 aromatic rings. The standard InChI is InChI=1S/C18H16FNO5S2/c19-18(27(23,24)25)11-16(10-17(12-18)26(20,21)22)15-8-6-14(7-9-15)13-4-2-1-3-5-13/h1-11H,12H2,(H2,20,21,22)(H,23,24,25). The van der Waals surface area contributed by atoms with Gasteiger partial charge in [0.15, 0.2) is 0 Å². The molecule has 0 bridgehead atoms. The largest absolute Gasteiger partial charge is 0.304 e. The molecular weight excluding hydrogens is 393 g/mol. The molecular formula is C18H16FNO5S2. The Morgan fingerprint density at radius 1 is 0.889 bits per heavy atom. The van der Waals surface area contributed by atoms with Gasteiger partial charge in [-0.2, -0.15) is 8.42 Å². The predicted octanol–water partition coefficient (Wildman–Crippen LogP) is 2.87. The first-order valence-electron chi connectivity index (χ1n) is 7.78. The molecule has 1 aliphatic carbocycles. The summed E-state index contributed by atoms with van der Waals surface area (Å²) in [5, 5.41) is 1.77. The van der Waals surface area contributed by atoms with Gasteiger partial charge in [0.1, 0.15) is 0 Å². The lowest BCUT2D eigenvalue weighted by Crippen LogP contribution is -2.36. The summed E-state index contributed by atoms with van der Waals surface area (Å²) in [5.74, 6) is 0. The van der Waals surface area contributed by atoms with E-state index in [9.17, 15) is 25.8 Å². The van der Waals surface area contributed by atoms with Crippen molar-refractivity contribution in [2.45, 2.75) is 11.4 Å². The molecule has 0 fully saturated rings. The second-order valence-corrected chi connectivity index (χ2v) is 9.38. The Kier molecular flexibility index (Phi) is 4.81. The maximum atomic E-state index is 14.9. The molecule has 1 aliphatic rings. The van der Waals surface area contributed by atoms with E-state index in [0.29, 0.717) is 11.6 Å². The van der Waals surface area contributed by atoms with Crippen LogP contribution in [0, 0.1) is 0 Å². The molecule has 0 aromatic heterocycles. The first-order chi connectivity index (χ1) is 12.5. The van der Waals surface area contributed by atoms with Gasteiger partial charge in [-0.05, 0) is 34.4 Å². The van der Waals surface area contributed by atoms with E-state index in [1.807, 2.05) is 30.3 Å². The smallest absolute Gasteiger partial charge is 0.283 e. The van der Waals surface area contributed by atoms with Crippen molar-refractivity contribution in [3.63, 3.8) is 0 Å². The van der Waals surface area contributed by atoms with Crippen LogP contribution in [0.1, 0.15) is 12.0 Å². The fourth-order valence-corrected chi connectivity index (χ4v) is 4.20. The van der Waals surface area contributed by atoms with Gasteiger partial charge in [-0.3, -0.25) is 4.55 Å². The van der Waals surface area contributed by atoms with Crippen molar-refractivity contribution < 1.29 is 25.8 Å². The second kappa shape index (κ2) is 6.68. The van der Waals surface area contributed by atoms with Gasteiger partial charge >= 0.3 is 10.1 Å². The van der Waals surface area contributed by atoms with Gasteiger partial charge in [0, 0.05) is 6.42 Å². The summed E-state index contributed by atoms with van der Waals surface area (Å²) < 4.78 is 70.3. The van der Waals surface area contributed by atoms with E-state index in [4.69, 9.17) is 5.14 Å². The Morgan fingerprint density at radius 3 is 1.93 bits per heavy atom. The lowest BCUT2D eigenvalue weighted by molar-refractivity contribution is 0.299. The Morgan fingerprint density at radius 2 is 1.41 bits per heavy atom. The summed E-state index contributed by atoms with van der Waals surface area (Å²) in [4.78, 5) is -0.618. The van der Waals surface area contributed by atoms with Gasteiger partial charge in [0.25, 0.3) is 5.00 Å². The Bertz CT molecular complexity index is 1140. The molecule has 0 radical (unpaired) electrons. The third kappa shape index (κ3) is 4.01. The first kappa shape index (κ1) is 19.4. The third-order valence-electron chi connectivity index (χ3n) is 4.22. The molecule has 0 amide bonds. The quantitative estimate of drug-likeness (QED) is 0.754. The number of primary sulfonamides is 1. The molecule has 142 valence electrons. The van der Waals surface area contributed by atoms with Gasteiger partial charge in [-0.25, -0.2) is 17.9 Å². The van der Waals surface area contributed by atoms with Crippen molar-refractivity contribution >= 4 is 25.7 Å². The van der Waals surface area contributed by atoms with Crippen LogP contribution in [0.15, 0.2) is 71.7 Å². The van der Waals surface area contributed by atoms with Crippen molar-refractivity contribution in [3.05, 3.63) is 77.2 Å². The number of sulfonamides is 1. The number of hydrogen-bond donors (Lipinski definition) is 2. The zero-order valence-corrected chi connectivity index (χ0v) is 15.5. The van der Waals surface area contributed by atoms with Crippen LogP contribution < -0.4 is 5.14 Å². The fourth-order valence-electron chi connectivity index (χ4n) is 2.79. The highest BCUT2D eigenvalue weighted by Gasteiger charge is 2.46. The van der Waals surface area contributed by atoms with Crippen LogP contribution in [-0.4, -0.2) is 26.4 Å². The summed E-state index contributed by atoms with van der Waals surface area (Å²) in [6.45, 7) is 0. The molecule has 6 nitrogen and oxygen atoms in total. The average molecular weight is 409 g/mol. The third-order valence-corrected chi connectivity index (χ3v) is 6.34. The van der Waals surface area contributed by atoms with Crippen LogP contribution in [0.4, 0.5) is 4.39 Å². The summed E-state index contributed by atoms with van der Waals surface area (Å²) in [6.07, 6.45) is 0.709. The molecule has 27 heavy (non-hydrogen) atoms.